The minimum absolute atomic E-state index is 0.0716. The molecule has 0 aliphatic rings. The fourth-order valence-electron chi connectivity index (χ4n) is 2.88. The second kappa shape index (κ2) is 8.45. The molecule has 29 heavy (non-hydrogen) atoms. The van der Waals surface area contributed by atoms with Gasteiger partial charge in [0.15, 0.2) is 0 Å². The lowest BCUT2D eigenvalue weighted by molar-refractivity contribution is 0.0939. The highest BCUT2D eigenvalue weighted by molar-refractivity contribution is 7.92. The second-order valence-corrected chi connectivity index (χ2v) is 8.58. The van der Waals surface area contributed by atoms with Crippen LogP contribution in [0.1, 0.15) is 40.0 Å². The van der Waals surface area contributed by atoms with Crippen molar-refractivity contribution in [3.63, 3.8) is 0 Å². The number of nitrogens with zero attached hydrogens (tertiary/aromatic N) is 1. The molecular weight excluding hydrogens is 386 g/mol. The molecule has 6 nitrogen and oxygen atoms in total. The van der Waals surface area contributed by atoms with Crippen LogP contribution in [0, 0.1) is 13.8 Å². The summed E-state index contributed by atoms with van der Waals surface area (Å²) < 4.78 is 28.3. The standard InChI is InChI=1S/C22H23N3O3S/c1-15-4-8-20(9-5-15)25-29(27,28)21-14-19(7-6-16(21)2)22(26)24-17(3)18-10-12-23-13-11-18/h4-14,17,25H,1-3H3,(H,24,26). The number of anilines is 1. The Labute approximate surface area is 171 Å². The minimum atomic E-state index is -3.83. The van der Waals surface area contributed by atoms with Gasteiger partial charge >= 0.3 is 0 Å². The van der Waals surface area contributed by atoms with E-state index in [0.29, 0.717) is 11.3 Å². The largest absolute Gasteiger partial charge is 0.346 e. The van der Waals surface area contributed by atoms with E-state index in [9.17, 15) is 13.2 Å². The molecule has 0 saturated heterocycles. The summed E-state index contributed by atoms with van der Waals surface area (Å²) in [6, 6.07) is 15.1. The Kier molecular flexibility index (Phi) is 5.98. The molecule has 1 amide bonds. The number of carbonyl (C=O) groups is 1. The third-order valence-corrected chi connectivity index (χ3v) is 6.12. The van der Waals surface area contributed by atoms with E-state index in [-0.39, 0.29) is 22.4 Å². The van der Waals surface area contributed by atoms with Gasteiger partial charge in [-0.25, -0.2) is 8.42 Å². The van der Waals surface area contributed by atoms with Gasteiger partial charge in [0.05, 0.1) is 10.9 Å². The molecular formula is C22H23N3O3S. The Balaban J connectivity index is 1.83. The summed E-state index contributed by atoms with van der Waals surface area (Å²) in [5, 5.41) is 2.88. The number of amides is 1. The molecule has 2 aromatic carbocycles. The molecule has 1 unspecified atom stereocenters. The van der Waals surface area contributed by atoms with E-state index in [4.69, 9.17) is 0 Å². The number of rotatable bonds is 6. The number of carbonyl (C=O) groups excluding carboxylic acids is 1. The van der Waals surface area contributed by atoms with Crippen LogP contribution in [0.2, 0.25) is 0 Å². The van der Waals surface area contributed by atoms with Crippen LogP contribution in [0.3, 0.4) is 0 Å². The maximum absolute atomic E-state index is 12.9. The molecule has 1 heterocycles. The van der Waals surface area contributed by atoms with Crippen molar-refractivity contribution in [2.75, 3.05) is 4.72 Å². The van der Waals surface area contributed by atoms with Crippen LogP contribution < -0.4 is 10.0 Å². The summed E-state index contributed by atoms with van der Waals surface area (Å²) in [5.74, 6) is -0.346. The first-order valence-corrected chi connectivity index (χ1v) is 10.7. The van der Waals surface area contributed by atoms with Gasteiger partial charge in [0, 0.05) is 23.6 Å². The second-order valence-electron chi connectivity index (χ2n) is 6.93. The molecule has 0 fully saturated rings. The average molecular weight is 410 g/mol. The van der Waals surface area contributed by atoms with Crippen molar-refractivity contribution in [2.24, 2.45) is 0 Å². The van der Waals surface area contributed by atoms with Crippen molar-refractivity contribution >= 4 is 21.6 Å². The molecule has 0 spiro atoms. The molecule has 0 saturated carbocycles. The summed E-state index contributed by atoms with van der Waals surface area (Å²) in [5.41, 5.74) is 3.25. The van der Waals surface area contributed by atoms with Gasteiger partial charge in [0.1, 0.15) is 0 Å². The predicted molar refractivity (Wildman–Crippen MR) is 113 cm³/mol. The van der Waals surface area contributed by atoms with E-state index in [1.165, 1.54) is 6.07 Å². The first-order valence-electron chi connectivity index (χ1n) is 9.17. The Bertz CT molecular complexity index is 1110. The zero-order chi connectivity index (χ0) is 21.0. The quantitative estimate of drug-likeness (QED) is 0.644. The van der Waals surface area contributed by atoms with Gasteiger partial charge < -0.3 is 5.32 Å². The van der Waals surface area contributed by atoms with Gasteiger partial charge in [0.25, 0.3) is 15.9 Å². The Morgan fingerprint density at radius 3 is 2.28 bits per heavy atom. The summed E-state index contributed by atoms with van der Waals surface area (Å²) in [4.78, 5) is 16.7. The number of pyridine rings is 1. The maximum atomic E-state index is 12.9. The van der Waals surface area contributed by atoms with Crippen LogP contribution >= 0.6 is 0 Å². The number of aryl methyl sites for hydroxylation is 2. The topological polar surface area (TPSA) is 88.2 Å². The number of hydrogen-bond acceptors (Lipinski definition) is 4. The summed E-state index contributed by atoms with van der Waals surface area (Å²) in [6.45, 7) is 5.49. The SMILES string of the molecule is Cc1ccc(NS(=O)(=O)c2cc(C(=O)NC(C)c3ccncc3)ccc2C)cc1. The van der Waals surface area contributed by atoms with Crippen molar-refractivity contribution in [2.45, 2.75) is 31.7 Å². The van der Waals surface area contributed by atoms with Crippen molar-refractivity contribution < 1.29 is 13.2 Å². The normalized spacial score (nSPS) is 12.2. The van der Waals surface area contributed by atoms with Gasteiger partial charge in [-0.05, 0) is 68.3 Å². The summed E-state index contributed by atoms with van der Waals surface area (Å²) in [7, 11) is -3.83. The average Bonchev–Trinajstić information content (AvgIpc) is 2.70. The van der Waals surface area contributed by atoms with Crippen LogP contribution in [-0.2, 0) is 10.0 Å². The summed E-state index contributed by atoms with van der Waals surface area (Å²) >= 11 is 0. The van der Waals surface area contributed by atoms with Crippen LogP contribution in [-0.4, -0.2) is 19.3 Å². The number of hydrogen-bond donors (Lipinski definition) is 2. The highest BCUT2D eigenvalue weighted by Crippen LogP contribution is 2.22. The van der Waals surface area contributed by atoms with Crippen molar-refractivity contribution in [1.82, 2.24) is 10.3 Å². The highest BCUT2D eigenvalue weighted by atomic mass is 32.2. The molecule has 3 rings (SSSR count). The van der Waals surface area contributed by atoms with Gasteiger partial charge in [0.2, 0.25) is 0 Å². The number of benzene rings is 2. The number of aromatic nitrogens is 1. The maximum Gasteiger partial charge on any atom is 0.262 e. The smallest absolute Gasteiger partial charge is 0.262 e. The highest BCUT2D eigenvalue weighted by Gasteiger charge is 2.20. The van der Waals surface area contributed by atoms with Gasteiger partial charge in [-0.15, -0.1) is 0 Å². The third kappa shape index (κ3) is 5.00. The molecule has 3 aromatic rings. The van der Waals surface area contributed by atoms with Crippen LogP contribution in [0.4, 0.5) is 5.69 Å². The molecule has 7 heteroatoms. The van der Waals surface area contributed by atoms with E-state index in [0.717, 1.165) is 11.1 Å². The van der Waals surface area contributed by atoms with Crippen molar-refractivity contribution in [3.8, 4) is 0 Å². The number of sulfonamides is 1. The van der Waals surface area contributed by atoms with Gasteiger partial charge in [-0.3, -0.25) is 14.5 Å². The lowest BCUT2D eigenvalue weighted by Crippen LogP contribution is -2.27. The van der Waals surface area contributed by atoms with Crippen LogP contribution in [0.5, 0.6) is 0 Å². The van der Waals surface area contributed by atoms with Gasteiger partial charge in [-0.1, -0.05) is 23.8 Å². The molecule has 0 aliphatic carbocycles. The fourth-order valence-corrected chi connectivity index (χ4v) is 4.21. The minimum Gasteiger partial charge on any atom is -0.346 e. The van der Waals surface area contributed by atoms with Gasteiger partial charge in [-0.2, -0.15) is 0 Å². The first-order chi connectivity index (χ1) is 13.8. The van der Waals surface area contributed by atoms with E-state index >= 15 is 0 Å². The molecule has 0 radical (unpaired) electrons. The molecule has 1 atom stereocenters. The zero-order valence-electron chi connectivity index (χ0n) is 16.5. The molecule has 0 aliphatic heterocycles. The van der Waals surface area contributed by atoms with Crippen LogP contribution in [0.25, 0.3) is 0 Å². The molecule has 150 valence electrons. The van der Waals surface area contributed by atoms with E-state index in [2.05, 4.69) is 15.0 Å². The van der Waals surface area contributed by atoms with E-state index in [1.54, 1.807) is 43.6 Å². The monoisotopic (exact) mass is 409 g/mol. The summed E-state index contributed by atoms with van der Waals surface area (Å²) in [6.07, 6.45) is 3.32. The molecule has 2 N–H and O–H groups in total. The molecule has 1 aromatic heterocycles. The lowest BCUT2D eigenvalue weighted by Gasteiger charge is -2.16. The molecule has 0 bridgehead atoms. The Morgan fingerprint density at radius 2 is 1.62 bits per heavy atom. The Hall–Kier alpha value is -3.19. The van der Waals surface area contributed by atoms with Crippen molar-refractivity contribution in [1.29, 1.82) is 0 Å². The zero-order valence-corrected chi connectivity index (χ0v) is 17.3. The van der Waals surface area contributed by atoms with Crippen molar-refractivity contribution in [3.05, 3.63) is 89.2 Å². The number of nitrogens with one attached hydrogen (secondary N) is 2. The third-order valence-electron chi connectivity index (χ3n) is 4.60. The first kappa shape index (κ1) is 20.5. The predicted octanol–water partition coefficient (Wildman–Crippen LogP) is 3.99. The Morgan fingerprint density at radius 1 is 0.966 bits per heavy atom. The lowest BCUT2D eigenvalue weighted by atomic mass is 10.1. The van der Waals surface area contributed by atoms with E-state index in [1.807, 2.05) is 38.1 Å². The van der Waals surface area contributed by atoms with Crippen LogP contribution in [0.15, 0.2) is 71.9 Å². The fraction of sp³-hybridized carbons (Fsp3) is 0.182. The van der Waals surface area contributed by atoms with E-state index < -0.39 is 10.0 Å².